The van der Waals surface area contributed by atoms with Crippen molar-refractivity contribution in [3.8, 4) is 0 Å². The third kappa shape index (κ3) is 3.82. The predicted molar refractivity (Wildman–Crippen MR) is 116 cm³/mol. The topological polar surface area (TPSA) is 130 Å². The minimum Gasteiger partial charge on any atom is -0.311 e. The second kappa shape index (κ2) is 8.75. The van der Waals surface area contributed by atoms with Crippen molar-refractivity contribution < 1.29 is 9.59 Å². The first-order chi connectivity index (χ1) is 15.5. The first-order valence-corrected chi connectivity index (χ1v) is 9.86. The zero-order chi connectivity index (χ0) is 22.7. The van der Waals surface area contributed by atoms with E-state index in [4.69, 9.17) is 5.53 Å². The van der Waals surface area contributed by atoms with Gasteiger partial charge in [0, 0.05) is 35.0 Å². The molecule has 0 bridgehead atoms. The molecule has 2 heterocycles. The zero-order valence-electron chi connectivity index (χ0n) is 16.9. The Balaban J connectivity index is 1.63. The molecular weight excluding hydrogens is 412 g/mol. The molecule has 1 saturated heterocycles. The van der Waals surface area contributed by atoms with Crippen molar-refractivity contribution in [3.05, 3.63) is 109 Å². The summed E-state index contributed by atoms with van der Waals surface area (Å²) in [5.74, 6) is -1.06. The van der Waals surface area contributed by atoms with E-state index in [0.29, 0.717) is 23.2 Å². The van der Waals surface area contributed by atoms with Crippen LogP contribution >= 0.6 is 0 Å². The van der Waals surface area contributed by atoms with Crippen LogP contribution in [0.1, 0.15) is 28.4 Å². The Morgan fingerprint density at radius 3 is 2.44 bits per heavy atom. The lowest BCUT2D eigenvalue weighted by Crippen LogP contribution is -2.45. The number of hydrogen-bond acceptors (Lipinski definition) is 5. The summed E-state index contributed by atoms with van der Waals surface area (Å²) in [5, 5.41) is 3.50. The largest absolute Gasteiger partial charge is 0.338 e. The maximum Gasteiger partial charge on any atom is 0.338 e. The summed E-state index contributed by atoms with van der Waals surface area (Å²) < 4.78 is 1.69. The Labute approximate surface area is 181 Å². The Morgan fingerprint density at radius 1 is 1.03 bits per heavy atom. The van der Waals surface area contributed by atoms with Crippen molar-refractivity contribution in [3.63, 3.8) is 0 Å². The lowest BCUT2D eigenvalue weighted by atomic mass is 10.2. The van der Waals surface area contributed by atoms with Gasteiger partial charge in [-0.2, -0.15) is 4.57 Å². The van der Waals surface area contributed by atoms with Crippen molar-refractivity contribution in [2.45, 2.75) is 19.0 Å². The summed E-state index contributed by atoms with van der Waals surface area (Å²) in [4.78, 5) is 55.4. The summed E-state index contributed by atoms with van der Waals surface area (Å²) in [6.07, 6.45) is 1.60. The van der Waals surface area contributed by atoms with E-state index >= 15 is 0 Å². The van der Waals surface area contributed by atoms with Gasteiger partial charge in [-0.25, -0.2) is 4.79 Å². The van der Waals surface area contributed by atoms with Crippen LogP contribution in [0.15, 0.2) is 81.6 Å². The lowest BCUT2D eigenvalue weighted by Gasteiger charge is -2.18. The maximum absolute atomic E-state index is 13.1. The second-order valence-electron chi connectivity index (χ2n) is 7.20. The minimum absolute atomic E-state index is 0.199. The van der Waals surface area contributed by atoms with Gasteiger partial charge in [0.15, 0.2) is 0 Å². The molecule has 1 aromatic heterocycles. The lowest BCUT2D eigenvalue weighted by molar-refractivity contribution is -0.119. The molecule has 10 heteroatoms. The van der Waals surface area contributed by atoms with Crippen molar-refractivity contribution in [1.82, 2.24) is 9.13 Å². The van der Waals surface area contributed by atoms with Crippen LogP contribution in [0, 0.1) is 0 Å². The van der Waals surface area contributed by atoms with Crippen molar-refractivity contribution in [2.24, 2.45) is 5.11 Å². The molecule has 32 heavy (non-hydrogen) atoms. The van der Waals surface area contributed by atoms with Crippen LogP contribution in [0.2, 0.25) is 0 Å². The number of azide groups is 1. The van der Waals surface area contributed by atoms with Gasteiger partial charge < -0.3 is 4.90 Å². The average Bonchev–Trinajstić information content (AvgIpc) is 3.19. The van der Waals surface area contributed by atoms with Gasteiger partial charge in [-0.1, -0.05) is 35.4 Å². The molecule has 160 valence electrons. The normalized spacial score (nSPS) is 15.4. The molecule has 1 aliphatic heterocycles. The molecule has 0 spiro atoms. The van der Waals surface area contributed by atoms with Gasteiger partial charge >= 0.3 is 5.69 Å². The van der Waals surface area contributed by atoms with E-state index in [1.807, 2.05) is 0 Å². The number of rotatable bonds is 5. The van der Waals surface area contributed by atoms with Crippen LogP contribution in [-0.4, -0.2) is 27.5 Å². The van der Waals surface area contributed by atoms with Crippen LogP contribution in [0.5, 0.6) is 0 Å². The van der Waals surface area contributed by atoms with Gasteiger partial charge in [-0.3, -0.25) is 19.0 Å². The molecule has 1 unspecified atom stereocenters. The molecular formula is C22H18N6O4. The highest BCUT2D eigenvalue weighted by atomic mass is 16.2. The molecule has 0 radical (unpaired) electrons. The van der Waals surface area contributed by atoms with Gasteiger partial charge in [0.25, 0.3) is 11.5 Å². The second-order valence-corrected chi connectivity index (χ2v) is 7.20. The predicted octanol–water partition coefficient (Wildman–Crippen LogP) is 2.49. The van der Waals surface area contributed by atoms with Crippen LogP contribution in [-0.2, 0) is 11.3 Å². The van der Waals surface area contributed by atoms with Crippen molar-refractivity contribution in [1.29, 1.82) is 0 Å². The molecule has 1 amide bonds. The zero-order valence-corrected chi connectivity index (χ0v) is 16.9. The summed E-state index contributed by atoms with van der Waals surface area (Å²) in [6.45, 7) is 0.580. The van der Waals surface area contributed by atoms with Crippen LogP contribution in [0.3, 0.4) is 0 Å². The first-order valence-electron chi connectivity index (χ1n) is 9.86. The van der Waals surface area contributed by atoms with Gasteiger partial charge in [0.05, 0.1) is 6.54 Å². The fourth-order valence-electron chi connectivity index (χ4n) is 3.70. The van der Waals surface area contributed by atoms with E-state index in [-0.39, 0.29) is 18.0 Å². The molecule has 0 aliphatic carbocycles. The third-order valence-electron chi connectivity index (χ3n) is 5.31. The molecule has 0 saturated carbocycles. The number of hydrogen-bond donors (Lipinski definition) is 0. The van der Waals surface area contributed by atoms with Crippen LogP contribution < -0.4 is 16.1 Å². The SMILES string of the molecule is [N-]=[N+]=NCc1ccc(N2CCC(n3ccc(=O)n(C(=O)c4ccccc4)c3=O)C2=O)cc1. The Hall–Kier alpha value is -4.43. The highest BCUT2D eigenvalue weighted by Crippen LogP contribution is 2.27. The molecule has 1 atom stereocenters. The Morgan fingerprint density at radius 2 is 1.75 bits per heavy atom. The third-order valence-corrected chi connectivity index (χ3v) is 5.31. The summed E-state index contributed by atoms with van der Waals surface area (Å²) in [7, 11) is 0. The van der Waals surface area contributed by atoms with Gasteiger partial charge in [0.1, 0.15) is 6.04 Å². The van der Waals surface area contributed by atoms with Gasteiger partial charge in [0.2, 0.25) is 5.91 Å². The summed E-state index contributed by atoms with van der Waals surface area (Å²) in [5.41, 5.74) is 8.46. The summed E-state index contributed by atoms with van der Waals surface area (Å²) in [6, 6.07) is 15.3. The van der Waals surface area contributed by atoms with E-state index in [1.165, 1.54) is 18.3 Å². The number of nitrogens with zero attached hydrogens (tertiary/aromatic N) is 6. The van der Waals surface area contributed by atoms with Crippen LogP contribution in [0.4, 0.5) is 5.69 Å². The Bertz CT molecular complexity index is 1340. The monoisotopic (exact) mass is 430 g/mol. The summed E-state index contributed by atoms with van der Waals surface area (Å²) >= 11 is 0. The average molecular weight is 430 g/mol. The molecule has 10 nitrogen and oxygen atoms in total. The highest BCUT2D eigenvalue weighted by Gasteiger charge is 2.35. The highest BCUT2D eigenvalue weighted by molar-refractivity contribution is 5.98. The fourth-order valence-corrected chi connectivity index (χ4v) is 3.70. The van der Waals surface area contributed by atoms with Gasteiger partial charge in [-0.05, 0) is 41.8 Å². The van der Waals surface area contributed by atoms with Gasteiger partial charge in [-0.15, -0.1) is 0 Å². The number of benzene rings is 2. The van der Waals surface area contributed by atoms with Crippen molar-refractivity contribution >= 4 is 17.5 Å². The van der Waals surface area contributed by atoms with E-state index in [1.54, 1.807) is 47.4 Å². The van der Waals surface area contributed by atoms with E-state index in [2.05, 4.69) is 10.0 Å². The van der Waals surface area contributed by atoms with E-state index < -0.39 is 23.2 Å². The molecule has 1 fully saturated rings. The number of carbonyl (C=O) groups is 2. The quantitative estimate of drug-likeness (QED) is 0.350. The number of anilines is 1. The van der Waals surface area contributed by atoms with E-state index in [0.717, 1.165) is 16.2 Å². The first kappa shape index (κ1) is 20.8. The molecule has 1 aliphatic rings. The number of amides is 1. The van der Waals surface area contributed by atoms with Crippen LogP contribution in [0.25, 0.3) is 10.4 Å². The fraction of sp³-hybridized carbons (Fsp3) is 0.182. The standard InChI is InChI=1S/C22H18N6O4/c23-25-24-14-15-6-8-17(9-7-15)26-12-10-18(21(26)31)27-13-11-19(29)28(22(27)32)20(30)16-4-2-1-3-5-16/h1-9,11,13,18H,10,12,14H2. The molecule has 4 rings (SSSR count). The smallest absolute Gasteiger partial charge is 0.311 e. The molecule has 2 aromatic carbocycles. The number of carbonyl (C=O) groups excluding carboxylic acids is 2. The minimum atomic E-state index is -0.851. The number of aromatic nitrogens is 2. The maximum atomic E-state index is 13.1. The van der Waals surface area contributed by atoms with Crippen molar-refractivity contribution in [2.75, 3.05) is 11.4 Å². The Kier molecular flexibility index (Phi) is 5.69. The molecule has 3 aromatic rings. The van der Waals surface area contributed by atoms with E-state index in [9.17, 15) is 19.2 Å². The molecule has 0 N–H and O–H groups in total.